The molecule has 3 rings (SSSR count). The lowest BCUT2D eigenvalue weighted by molar-refractivity contribution is 0.217. The summed E-state index contributed by atoms with van der Waals surface area (Å²) in [6.45, 7) is 9.16. The molecule has 22 heavy (non-hydrogen) atoms. The number of hydrogen-bond acceptors (Lipinski definition) is 3. The number of aromatic nitrogens is 4. The summed E-state index contributed by atoms with van der Waals surface area (Å²) in [7, 11) is 1.90. The topological polar surface area (TPSA) is 38.9 Å². The molecule has 1 fully saturated rings. The van der Waals surface area contributed by atoms with Crippen LogP contribution in [0.3, 0.4) is 0 Å². The van der Waals surface area contributed by atoms with Gasteiger partial charge >= 0.3 is 0 Å². The first kappa shape index (κ1) is 15.6. The first-order valence-electron chi connectivity index (χ1n) is 7.88. The van der Waals surface area contributed by atoms with Crippen molar-refractivity contribution in [2.45, 2.75) is 52.7 Å². The van der Waals surface area contributed by atoms with Gasteiger partial charge in [0.05, 0.1) is 17.9 Å². The molecule has 2 aromatic heterocycles. The third kappa shape index (κ3) is 2.92. The van der Waals surface area contributed by atoms with Crippen LogP contribution in [0.1, 0.15) is 35.5 Å². The molecule has 1 aliphatic rings. The van der Waals surface area contributed by atoms with E-state index in [0.717, 1.165) is 41.7 Å². The van der Waals surface area contributed by atoms with Gasteiger partial charge in [-0.3, -0.25) is 14.3 Å². The fourth-order valence-corrected chi connectivity index (χ4v) is 3.66. The molecule has 1 aliphatic heterocycles. The van der Waals surface area contributed by atoms with Gasteiger partial charge in [-0.15, -0.1) is 0 Å². The molecule has 1 atom stereocenters. The summed E-state index contributed by atoms with van der Waals surface area (Å²) in [6.07, 6.45) is 2.45. The Balaban J connectivity index is 1.74. The Labute approximate surface area is 136 Å². The van der Waals surface area contributed by atoms with Crippen LogP contribution >= 0.6 is 11.6 Å². The van der Waals surface area contributed by atoms with E-state index in [1.165, 1.54) is 18.5 Å². The molecule has 0 unspecified atom stereocenters. The van der Waals surface area contributed by atoms with Gasteiger partial charge in [-0.25, -0.2) is 0 Å². The van der Waals surface area contributed by atoms with E-state index in [4.69, 9.17) is 11.6 Å². The van der Waals surface area contributed by atoms with Crippen LogP contribution < -0.4 is 0 Å². The van der Waals surface area contributed by atoms with Crippen LogP contribution in [0.4, 0.5) is 0 Å². The molecule has 0 amide bonds. The third-order valence-corrected chi connectivity index (χ3v) is 5.09. The fourth-order valence-electron chi connectivity index (χ4n) is 3.43. The summed E-state index contributed by atoms with van der Waals surface area (Å²) >= 11 is 6.39. The zero-order chi connectivity index (χ0) is 15.9. The standard InChI is InChI=1S/C16H24ClN5/c1-11-8-12(2)22(18-11)9-14-6-5-7-21(14)10-15-13(3)19-20(4)16(15)17/h8,14H,5-7,9-10H2,1-4H3/t14-/m0/s1. The minimum atomic E-state index is 0.522. The van der Waals surface area contributed by atoms with Crippen molar-refractivity contribution < 1.29 is 0 Å². The van der Waals surface area contributed by atoms with Crippen molar-refractivity contribution in [3.63, 3.8) is 0 Å². The first-order valence-corrected chi connectivity index (χ1v) is 8.26. The predicted octanol–water partition coefficient (Wildman–Crippen LogP) is 2.86. The Morgan fingerprint density at radius 1 is 1.27 bits per heavy atom. The Kier molecular flexibility index (Phi) is 4.28. The lowest BCUT2D eigenvalue weighted by Crippen LogP contribution is -2.33. The number of rotatable bonds is 4. The number of aryl methyl sites for hydroxylation is 4. The van der Waals surface area contributed by atoms with E-state index in [1.54, 1.807) is 4.68 Å². The minimum Gasteiger partial charge on any atom is -0.294 e. The molecular formula is C16H24ClN5. The predicted molar refractivity (Wildman–Crippen MR) is 88.1 cm³/mol. The molecule has 2 aromatic rings. The number of halogens is 1. The van der Waals surface area contributed by atoms with Crippen LogP contribution in [-0.2, 0) is 20.1 Å². The zero-order valence-corrected chi connectivity index (χ0v) is 14.6. The molecule has 5 nitrogen and oxygen atoms in total. The van der Waals surface area contributed by atoms with Crippen LogP contribution in [0.15, 0.2) is 6.07 Å². The molecule has 0 aliphatic carbocycles. The summed E-state index contributed by atoms with van der Waals surface area (Å²) in [5.74, 6) is 0. The van der Waals surface area contributed by atoms with E-state index >= 15 is 0 Å². The van der Waals surface area contributed by atoms with Gasteiger partial charge in [0.15, 0.2) is 0 Å². The highest BCUT2D eigenvalue weighted by atomic mass is 35.5. The molecule has 0 spiro atoms. The van der Waals surface area contributed by atoms with Crippen LogP contribution in [0.5, 0.6) is 0 Å². The van der Waals surface area contributed by atoms with Gasteiger partial charge in [0.1, 0.15) is 5.15 Å². The number of hydrogen-bond donors (Lipinski definition) is 0. The van der Waals surface area contributed by atoms with Crippen LogP contribution in [0.25, 0.3) is 0 Å². The van der Waals surface area contributed by atoms with Crippen molar-refractivity contribution >= 4 is 11.6 Å². The summed E-state index contributed by atoms with van der Waals surface area (Å²) in [4.78, 5) is 2.52. The number of nitrogens with zero attached hydrogens (tertiary/aromatic N) is 5. The van der Waals surface area contributed by atoms with Gasteiger partial charge < -0.3 is 0 Å². The minimum absolute atomic E-state index is 0.522. The maximum absolute atomic E-state index is 6.39. The highest BCUT2D eigenvalue weighted by molar-refractivity contribution is 6.30. The van der Waals surface area contributed by atoms with Gasteiger partial charge in [0, 0.05) is 30.9 Å². The van der Waals surface area contributed by atoms with E-state index in [9.17, 15) is 0 Å². The Bertz CT molecular complexity index is 672. The lowest BCUT2D eigenvalue weighted by Gasteiger charge is -2.25. The van der Waals surface area contributed by atoms with Crippen molar-refractivity contribution in [3.05, 3.63) is 33.9 Å². The smallest absolute Gasteiger partial charge is 0.131 e. The average molecular weight is 322 g/mol. The Morgan fingerprint density at radius 2 is 2.05 bits per heavy atom. The molecule has 120 valence electrons. The van der Waals surface area contributed by atoms with Crippen molar-refractivity contribution in [1.82, 2.24) is 24.5 Å². The molecule has 0 bridgehead atoms. The van der Waals surface area contributed by atoms with E-state index < -0.39 is 0 Å². The fraction of sp³-hybridized carbons (Fsp3) is 0.625. The van der Waals surface area contributed by atoms with Crippen molar-refractivity contribution in [2.24, 2.45) is 7.05 Å². The Hall–Kier alpha value is -1.33. The second kappa shape index (κ2) is 6.05. The summed E-state index contributed by atoms with van der Waals surface area (Å²) in [6, 6.07) is 2.66. The van der Waals surface area contributed by atoms with Gasteiger partial charge in [-0.2, -0.15) is 10.2 Å². The van der Waals surface area contributed by atoms with Crippen molar-refractivity contribution in [3.8, 4) is 0 Å². The largest absolute Gasteiger partial charge is 0.294 e. The van der Waals surface area contributed by atoms with Crippen LogP contribution in [0.2, 0.25) is 5.15 Å². The van der Waals surface area contributed by atoms with E-state index in [0.29, 0.717) is 6.04 Å². The first-order chi connectivity index (χ1) is 10.5. The molecule has 0 N–H and O–H groups in total. The molecular weight excluding hydrogens is 298 g/mol. The highest BCUT2D eigenvalue weighted by Gasteiger charge is 2.27. The second-order valence-corrected chi connectivity index (χ2v) is 6.71. The van der Waals surface area contributed by atoms with Gasteiger partial charge in [-0.05, 0) is 46.2 Å². The van der Waals surface area contributed by atoms with Gasteiger partial charge in [0.25, 0.3) is 0 Å². The lowest BCUT2D eigenvalue weighted by atomic mass is 10.2. The molecule has 1 saturated heterocycles. The normalized spacial score (nSPS) is 19.2. The van der Waals surface area contributed by atoms with E-state index in [-0.39, 0.29) is 0 Å². The van der Waals surface area contributed by atoms with Crippen LogP contribution in [-0.4, -0.2) is 37.0 Å². The molecule has 6 heteroatoms. The molecule has 3 heterocycles. The monoisotopic (exact) mass is 321 g/mol. The molecule has 0 radical (unpaired) electrons. The van der Waals surface area contributed by atoms with E-state index in [2.05, 4.69) is 39.7 Å². The number of likely N-dealkylation sites (tertiary alicyclic amines) is 1. The zero-order valence-electron chi connectivity index (χ0n) is 13.8. The van der Waals surface area contributed by atoms with E-state index in [1.807, 2.05) is 14.0 Å². The van der Waals surface area contributed by atoms with Crippen molar-refractivity contribution in [1.29, 1.82) is 0 Å². The third-order valence-electron chi connectivity index (χ3n) is 4.62. The Morgan fingerprint density at radius 3 is 2.64 bits per heavy atom. The quantitative estimate of drug-likeness (QED) is 0.869. The summed E-state index contributed by atoms with van der Waals surface area (Å²) < 4.78 is 3.90. The second-order valence-electron chi connectivity index (χ2n) is 6.35. The molecule has 0 aromatic carbocycles. The van der Waals surface area contributed by atoms with Gasteiger partial charge in [-0.1, -0.05) is 11.6 Å². The van der Waals surface area contributed by atoms with Gasteiger partial charge in [0.2, 0.25) is 0 Å². The maximum atomic E-state index is 6.39. The summed E-state index contributed by atoms with van der Waals surface area (Å²) in [5, 5.41) is 9.78. The van der Waals surface area contributed by atoms with Crippen molar-refractivity contribution in [2.75, 3.05) is 6.54 Å². The van der Waals surface area contributed by atoms with Crippen LogP contribution in [0, 0.1) is 20.8 Å². The molecule has 0 saturated carbocycles. The summed E-state index contributed by atoms with van der Waals surface area (Å²) in [5.41, 5.74) is 4.52. The SMILES string of the molecule is Cc1cc(C)n(C[C@@H]2CCCN2Cc2c(C)nn(C)c2Cl)n1. The maximum Gasteiger partial charge on any atom is 0.131 e. The average Bonchev–Trinajstić information content (AvgIpc) is 3.08. The highest BCUT2D eigenvalue weighted by Crippen LogP contribution is 2.26.